The number of nitrogens with one attached hydrogen (secondary N) is 1. The van der Waals surface area contributed by atoms with Gasteiger partial charge in [0.25, 0.3) is 0 Å². The van der Waals surface area contributed by atoms with Gasteiger partial charge in [-0.1, -0.05) is 28.1 Å². The van der Waals surface area contributed by atoms with Gasteiger partial charge in [-0.25, -0.2) is 0 Å². The summed E-state index contributed by atoms with van der Waals surface area (Å²) in [5.74, 6) is 1.70. The molecule has 0 radical (unpaired) electrons. The Kier molecular flexibility index (Phi) is 5.04. The van der Waals surface area contributed by atoms with Crippen molar-refractivity contribution in [3.63, 3.8) is 0 Å². The zero-order chi connectivity index (χ0) is 14.5. The Morgan fingerprint density at radius 2 is 1.95 bits per heavy atom. The molecular weight excluding hydrogens is 316 g/mol. The van der Waals surface area contributed by atoms with Gasteiger partial charge in [0, 0.05) is 42.4 Å². The first-order valence-corrected chi connectivity index (χ1v) is 7.27. The molecule has 0 fully saturated rings. The molecule has 0 aliphatic carbocycles. The lowest BCUT2D eigenvalue weighted by molar-refractivity contribution is 0.474. The van der Waals surface area contributed by atoms with E-state index in [9.17, 15) is 0 Å². The molecule has 0 aromatic heterocycles. The summed E-state index contributed by atoms with van der Waals surface area (Å²) >= 11 is 3.49. The van der Waals surface area contributed by atoms with Crippen molar-refractivity contribution in [3.05, 3.63) is 52.5 Å². The first-order chi connectivity index (χ1) is 9.60. The van der Waals surface area contributed by atoms with Crippen LogP contribution in [0.3, 0.4) is 0 Å². The monoisotopic (exact) mass is 334 g/mol. The maximum absolute atomic E-state index is 6.04. The van der Waals surface area contributed by atoms with Gasteiger partial charge >= 0.3 is 0 Å². The molecule has 0 spiro atoms. The van der Waals surface area contributed by atoms with Gasteiger partial charge in [0.2, 0.25) is 0 Å². The highest BCUT2D eigenvalue weighted by Gasteiger charge is 2.06. The van der Waals surface area contributed by atoms with Crippen molar-refractivity contribution < 1.29 is 4.74 Å². The molecule has 2 aromatic carbocycles. The van der Waals surface area contributed by atoms with E-state index in [-0.39, 0.29) is 0 Å². The Bertz CT molecular complexity index is 584. The third kappa shape index (κ3) is 3.74. The molecule has 0 bridgehead atoms. The van der Waals surface area contributed by atoms with Gasteiger partial charge in [0.1, 0.15) is 11.5 Å². The second-order valence-electron chi connectivity index (χ2n) is 4.78. The van der Waals surface area contributed by atoms with E-state index < -0.39 is 0 Å². The molecule has 0 atom stereocenters. The minimum atomic E-state index is 0.774. The third-order valence-corrected chi connectivity index (χ3v) is 3.45. The predicted octanol–water partition coefficient (Wildman–Crippen LogP) is 4.03. The molecule has 0 heterocycles. The molecule has 4 heteroatoms. The van der Waals surface area contributed by atoms with E-state index >= 15 is 0 Å². The van der Waals surface area contributed by atoms with Crippen molar-refractivity contribution in [2.45, 2.75) is 6.54 Å². The molecule has 106 valence electrons. The molecular formula is C16H19BrN2O. The van der Waals surface area contributed by atoms with E-state index in [4.69, 9.17) is 4.74 Å². The van der Waals surface area contributed by atoms with Crippen LogP contribution >= 0.6 is 15.9 Å². The minimum absolute atomic E-state index is 0.774. The van der Waals surface area contributed by atoms with Crippen molar-refractivity contribution >= 4 is 21.6 Å². The molecule has 0 aliphatic rings. The number of ether oxygens (including phenoxy) is 1. The first-order valence-electron chi connectivity index (χ1n) is 6.48. The molecule has 1 N–H and O–H groups in total. The molecule has 20 heavy (non-hydrogen) atoms. The van der Waals surface area contributed by atoms with E-state index in [0.29, 0.717) is 0 Å². The van der Waals surface area contributed by atoms with E-state index in [0.717, 1.165) is 33.8 Å². The molecule has 0 aliphatic heterocycles. The van der Waals surface area contributed by atoms with Gasteiger partial charge in [-0.05, 0) is 31.3 Å². The van der Waals surface area contributed by atoms with Crippen LogP contribution in [0.5, 0.6) is 11.5 Å². The lowest BCUT2D eigenvalue weighted by Gasteiger charge is -2.15. The molecule has 2 rings (SSSR count). The quantitative estimate of drug-likeness (QED) is 0.893. The average molecular weight is 335 g/mol. The smallest absolute Gasteiger partial charge is 0.133 e. The lowest BCUT2D eigenvalue weighted by atomic mass is 10.2. The highest BCUT2D eigenvalue weighted by atomic mass is 79.9. The summed E-state index contributed by atoms with van der Waals surface area (Å²) in [4.78, 5) is 2.06. The number of nitrogens with zero attached hydrogens (tertiary/aromatic N) is 1. The second kappa shape index (κ2) is 6.77. The summed E-state index contributed by atoms with van der Waals surface area (Å²) in [5.41, 5.74) is 2.25. The maximum Gasteiger partial charge on any atom is 0.133 e. The van der Waals surface area contributed by atoms with Crippen LogP contribution < -0.4 is 15.0 Å². The van der Waals surface area contributed by atoms with Crippen molar-refractivity contribution in [3.8, 4) is 11.5 Å². The van der Waals surface area contributed by atoms with Crippen LogP contribution in [0, 0.1) is 0 Å². The van der Waals surface area contributed by atoms with Crippen molar-refractivity contribution in [1.82, 2.24) is 5.32 Å². The van der Waals surface area contributed by atoms with Gasteiger partial charge < -0.3 is 15.0 Å². The number of halogens is 1. The number of hydrogen-bond donors (Lipinski definition) is 1. The van der Waals surface area contributed by atoms with E-state index in [1.165, 1.54) is 0 Å². The summed E-state index contributed by atoms with van der Waals surface area (Å²) in [6, 6.07) is 14.1. The topological polar surface area (TPSA) is 24.5 Å². The molecule has 0 saturated carbocycles. The SMILES string of the molecule is CNCc1ccc(Br)cc1Oc1cccc(N(C)C)c1. The summed E-state index contributed by atoms with van der Waals surface area (Å²) in [7, 11) is 5.97. The molecule has 0 amide bonds. The largest absolute Gasteiger partial charge is 0.457 e. The van der Waals surface area contributed by atoms with Crippen LogP contribution in [0.2, 0.25) is 0 Å². The number of benzene rings is 2. The maximum atomic E-state index is 6.04. The zero-order valence-electron chi connectivity index (χ0n) is 12.0. The summed E-state index contributed by atoms with van der Waals surface area (Å²) in [6.07, 6.45) is 0. The standard InChI is InChI=1S/C16H19BrN2O/c1-18-11-12-7-8-13(17)9-16(12)20-15-6-4-5-14(10-15)19(2)3/h4-10,18H,11H2,1-3H3. The Balaban J connectivity index is 2.29. The number of rotatable bonds is 5. The molecule has 0 unspecified atom stereocenters. The van der Waals surface area contributed by atoms with Crippen LogP contribution in [0.4, 0.5) is 5.69 Å². The second-order valence-corrected chi connectivity index (χ2v) is 5.69. The highest BCUT2D eigenvalue weighted by molar-refractivity contribution is 9.10. The molecule has 0 saturated heterocycles. The molecule has 3 nitrogen and oxygen atoms in total. The van der Waals surface area contributed by atoms with Crippen LogP contribution in [0.15, 0.2) is 46.9 Å². The Morgan fingerprint density at radius 3 is 2.65 bits per heavy atom. The van der Waals surface area contributed by atoms with E-state index in [1.807, 2.05) is 51.5 Å². The Morgan fingerprint density at radius 1 is 1.15 bits per heavy atom. The minimum Gasteiger partial charge on any atom is -0.457 e. The van der Waals surface area contributed by atoms with Gasteiger partial charge in [0.05, 0.1) is 0 Å². The fourth-order valence-corrected chi connectivity index (χ4v) is 2.25. The normalized spacial score (nSPS) is 10.4. The summed E-state index contributed by atoms with van der Waals surface area (Å²) < 4.78 is 7.05. The highest BCUT2D eigenvalue weighted by Crippen LogP contribution is 2.30. The van der Waals surface area contributed by atoms with E-state index in [2.05, 4.69) is 38.3 Å². The van der Waals surface area contributed by atoms with Crippen LogP contribution in [-0.4, -0.2) is 21.1 Å². The average Bonchev–Trinajstić information content (AvgIpc) is 2.42. The van der Waals surface area contributed by atoms with Gasteiger partial charge in [-0.3, -0.25) is 0 Å². The van der Waals surface area contributed by atoms with Gasteiger partial charge in [-0.15, -0.1) is 0 Å². The van der Waals surface area contributed by atoms with Crippen molar-refractivity contribution in [2.75, 3.05) is 26.0 Å². The van der Waals surface area contributed by atoms with Gasteiger partial charge in [-0.2, -0.15) is 0 Å². The van der Waals surface area contributed by atoms with Gasteiger partial charge in [0.15, 0.2) is 0 Å². The van der Waals surface area contributed by atoms with Crippen molar-refractivity contribution in [1.29, 1.82) is 0 Å². The fourth-order valence-electron chi connectivity index (χ4n) is 1.91. The van der Waals surface area contributed by atoms with Crippen LogP contribution in [0.25, 0.3) is 0 Å². The van der Waals surface area contributed by atoms with E-state index in [1.54, 1.807) is 0 Å². The zero-order valence-corrected chi connectivity index (χ0v) is 13.6. The third-order valence-electron chi connectivity index (χ3n) is 2.96. The Labute approximate surface area is 128 Å². The molecule has 2 aromatic rings. The number of anilines is 1. The predicted molar refractivity (Wildman–Crippen MR) is 87.7 cm³/mol. The Hall–Kier alpha value is -1.52. The number of hydrogen-bond acceptors (Lipinski definition) is 3. The van der Waals surface area contributed by atoms with Crippen LogP contribution in [-0.2, 0) is 6.54 Å². The fraction of sp³-hybridized carbons (Fsp3) is 0.250. The lowest BCUT2D eigenvalue weighted by Crippen LogP contribution is -2.08. The van der Waals surface area contributed by atoms with Crippen LogP contribution in [0.1, 0.15) is 5.56 Å². The van der Waals surface area contributed by atoms with Crippen molar-refractivity contribution in [2.24, 2.45) is 0 Å². The first kappa shape index (κ1) is 14.9. The summed E-state index contributed by atoms with van der Waals surface area (Å²) in [6.45, 7) is 0.774. The summed E-state index contributed by atoms with van der Waals surface area (Å²) in [5, 5.41) is 3.16.